The minimum atomic E-state index is -4.48. The summed E-state index contributed by atoms with van der Waals surface area (Å²) in [6, 6.07) is 5.18. The van der Waals surface area contributed by atoms with Crippen LogP contribution in [0.3, 0.4) is 0 Å². The Morgan fingerprint density at radius 2 is 1.84 bits per heavy atom. The summed E-state index contributed by atoms with van der Waals surface area (Å²) in [6.45, 7) is -2.70. The van der Waals surface area contributed by atoms with Crippen molar-refractivity contribution >= 4 is 11.7 Å². The number of hydrogen-bond donors (Lipinski definition) is 1. The first-order valence-electron chi connectivity index (χ1n) is 11.3. The topological polar surface area (TPSA) is 98.7 Å². The summed E-state index contributed by atoms with van der Waals surface area (Å²) in [6.07, 6.45) is 0.135. The zero-order chi connectivity index (χ0) is 27.1. The van der Waals surface area contributed by atoms with Gasteiger partial charge in [0.1, 0.15) is 17.1 Å². The molecule has 5 rings (SSSR count). The van der Waals surface area contributed by atoms with E-state index in [9.17, 15) is 31.1 Å². The highest BCUT2D eigenvalue weighted by molar-refractivity contribution is 5.91. The lowest BCUT2D eigenvalue weighted by Gasteiger charge is -2.14. The van der Waals surface area contributed by atoms with Crippen LogP contribution in [0.2, 0.25) is 0 Å². The van der Waals surface area contributed by atoms with Crippen LogP contribution in [-0.4, -0.2) is 36.8 Å². The summed E-state index contributed by atoms with van der Waals surface area (Å²) in [5.74, 6) is -1.59. The van der Waals surface area contributed by atoms with Crippen molar-refractivity contribution in [1.82, 2.24) is 24.7 Å². The van der Waals surface area contributed by atoms with Gasteiger partial charge >= 0.3 is 12.7 Å². The third-order valence-electron chi connectivity index (χ3n) is 6.20. The molecule has 0 unspecified atom stereocenters. The molecule has 3 heterocycles. The number of aromatic nitrogens is 5. The molecule has 1 aliphatic rings. The number of rotatable bonds is 8. The first kappa shape index (κ1) is 25.4. The Labute approximate surface area is 210 Å². The summed E-state index contributed by atoms with van der Waals surface area (Å²) in [7, 11) is 0. The predicted octanol–water partition coefficient (Wildman–Crippen LogP) is 5.23. The van der Waals surface area contributed by atoms with Crippen molar-refractivity contribution in [3.05, 3.63) is 77.8 Å². The number of amides is 1. The molecule has 0 radical (unpaired) electrons. The van der Waals surface area contributed by atoms with Crippen molar-refractivity contribution in [3.8, 4) is 11.1 Å². The molecule has 1 N–H and O–H groups in total. The van der Waals surface area contributed by atoms with Crippen molar-refractivity contribution in [2.45, 2.75) is 43.8 Å². The van der Waals surface area contributed by atoms with Crippen LogP contribution < -0.4 is 5.32 Å². The molecule has 0 bridgehead atoms. The average molecular weight is 536 g/mol. The number of anilines is 1. The van der Waals surface area contributed by atoms with E-state index < -0.39 is 29.9 Å². The highest BCUT2D eigenvalue weighted by Gasteiger charge is 2.66. The van der Waals surface area contributed by atoms with Crippen LogP contribution >= 0.6 is 0 Å². The van der Waals surface area contributed by atoms with Crippen molar-refractivity contribution in [2.24, 2.45) is 0 Å². The second-order valence-electron chi connectivity index (χ2n) is 8.84. The maximum atomic E-state index is 14.7. The molecule has 4 aromatic rings. The fourth-order valence-corrected chi connectivity index (χ4v) is 3.92. The maximum absolute atomic E-state index is 14.7. The molecule has 1 aromatic carbocycles. The van der Waals surface area contributed by atoms with E-state index >= 15 is 0 Å². The molecular formula is C24H18F6N6O2. The molecule has 0 aliphatic heterocycles. The van der Waals surface area contributed by atoms with E-state index in [2.05, 4.69) is 25.4 Å². The molecule has 38 heavy (non-hydrogen) atoms. The average Bonchev–Trinajstić information content (AvgIpc) is 3.34. The number of imidazole rings is 1. The van der Waals surface area contributed by atoms with E-state index in [4.69, 9.17) is 4.52 Å². The van der Waals surface area contributed by atoms with E-state index in [0.29, 0.717) is 27.2 Å². The van der Waals surface area contributed by atoms with E-state index in [1.54, 1.807) is 6.07 Å². The lowest BCUT2D eigenvalue weighted by Crippen LogP contribution is -2.28. The second-order valence-corrected chi connectivity index (χ2v) is 8.84. The molecule has 1 fully saturated rings. The van der Waals surface area contributed by atoms with Crippen LogP contribution in [0.4, 0.5) is 32.2 Å². The third-order valence-corrected chi connectivity index (χ3v) is 6.20. The Kier molecular flexibility index (Phi) is 6.41. The van der Waals surface area contributed by atoms with Crippen LogP contribution in [-0.2, 0) is 23.1 Å². The summed E-state index contributed by atoms with van der Waals surface area (Å²) in [5.41, 5.74) is -0.736. The van der Waals surface area contributed by atoms with Gasteiger partial charge in [0.2, 0.25) is 5.91 Å². The number of nitrogens with one attached hydrogen (secondary N) is 1. The van der Waals surface area contributed by atoms with Gasteiger partial charge in [-0.25, -0.2) is 19.3 Å². The molecule has 198 valence electrons. The van der Waals surface area contributed by atoms with Crippen molar-refractivity contribution in [3.63, 3.8) is 0 Å². The highest BCUT2D eigenvalue weighted by atomic mass is 19.4. The Morgan fingerprint density at radius 3 is 2.45 bits per heavy atom. The molecular weight excluding hydrogens is 518 g/mol. The normalized spacial score (nSPS) is 14.6. The molecule has 8 nitrogen and oxygen atoms in total. The highest BCUT2D eigenvalue weighted by Crippen LogP contribution is 2.59. The predicted molar refractivity (Wildman–Crippen MR) is 120 cm³/mol. The van der Waals surface area contributed by atoms with Crippen molar-refractivity contribution < 1.29 is 35.7 Å². The number of halogens is 6. The number of carbonyl (C=O) groups is 1. The summed E-state index contributed by atoms with van der Waals surface area (Å²) < 4.78 is 85.2. The molecule has 0 spiro atoms. The van der Waals surface area contributed by atoms with E-state index in [1.807, 2.05) is 0 Å². The van der Waals surface area contributed by atoms with Crippen LogP contribution in [0.15, 0.2) is 53.7 Å². The van der Waals surface area contributed by atoms with E-state index in [-0.39, 0.29) is 42.8 Å². The monoisotopic (exact) mass is 536 g/mol. The minimum Gasteiger partial charge on any atom is -0.358 e. The SMILES string of the molecule is O=C(Cc1ccc(-c2cnc(Cc3cn(C(F)F)cn3)nc2)cc1F)Nc1cc(C2(C(F)(F)F)CC2)on1. The molecule has 3 aromatic heterocycles. The minimum absolute atomic E-state index is 0.0519. The van der Waals surface area contributed by atoms with Crippen LogP contribution in [0.1, 0.15) is 42.2 Å². The van der Waals surface area contributed by atoms with Gasteiger partial charge in [-0.1, -0.05) is 17.3 Å². The van der Waals surface area contributed by atoms with Gasteiger partial charge in [-0.15, -0.1) is 0 Å². The first-order chi connectivity index (χ1) is 18.0. The van der Waals surface area contributed by atoms with Gasteiger partial charge in [-0.05, 0) is 30.0 Å². The zero-order valence-corrected chi connectivity index (χ0v) is 19.3. The van der Waals surface area contributed by atoms with Crippen LogP contribution in [0.5, 0.6) is 0 Å². The summed E-state index contributed by atoms with van der Waals surface area (Å²) in [4.78, 5) is 24.6. The Hall–Kier alpha value is -4.23. The van der Waals surface area contributed by atoms with Gasteiger partial charge in [0.25, 0.3) is 0 Å². The van der Waals surface area contributed by atoms with E-state index in [1.165, 1.54) is 30.7 Å². The van der Waals surface area contributed by atoms with Gasteiger partial charge in [0.15, 0.2) is 11.6 Å². The Balaban J connectivity index is 1.20. The number of alkyl halides is 5. The van der Waals surface area contributed by atoms with Crippen molar-refractivity contribution in [2.75, 3.05) is 5.32 Å². The van der Waals surface area contributed by atoms with Gasteiger partial charge < -0.3 is 9.84 Å². The number of nitrogens with zero attached hydrogens (tertiary/aromatic N) is 5. The summed E-state index contributed by atoms with van der Waals surface area (Å²) >= 11 is 0. The molecule has 0 saturated heterocycles. The fourth-order valence-electron chi connectivity index (χ4n) is 3.92. The Morgan fingerprint density at radius 1 is 1.11 bits per heavy atom. The fraction of sp³-hybridized carbons (Fsp3) is 0.292. The van der Waals surface area contributed by atoms with Gasteiger partial charge in [-0.2, -0.15) is 22.0 Å². The summed E-state index contributed by atoms with van der Waals surface area (Å²) in [5, 5.41) is 5.81. The third kappa shape index (κ3) is 5.10. The largest absolute Gasteiger partial charge is 0.401 e. The molecule has 0 atom stereocenters. The first-order valence-corrected chi connectivity index (χ1v) is 11.3. The lowest BCUT2D eigenvalue weighted by molar-refractivity contribution is -0.165. The van der Waals surface area contributed by atoms with Crippen LogP contribution in [0.25, 0.3) is 11.1 Å². The van der Waals surface area contributed by atoms with Crippen LogP contribution in [0, 0.1) is 5.82 Å². The molecule has 1 amide bonds. The second kappa shape index (κ2) is 9.58. The van der Waals surface area contributed by atoms with Gasteiger partial charge in [0, 0.05) is 30.2 Å². The molecule has 1 saturated carbocycles. The molecule has 1 aliphatic carbocycles. The zero-order valence-electron chi connectivity index (χ0n) is 19.3. The molecule has 14 heteroatoms. The van der Waals surface area contributed by atoms with Gasteiger partial charge in [0.05, 0.1) is 24.9 Å². The van der Waals surface area contributed by atoms with E-state index in [0.717, 1.165) is 12.4 Å². The smallest absolute Gasteiger partial charge is 0.358 e. The number of carbonyl (C=O) groups excluding carboxylic acids is 1. The van der Waals surface area contributed by atoms with Crippen molar-refractivity contribution in [1.29, 1.82) is 0 Å². The quantitative estimate of drug-likeness (QED) is 0.310. The lowest BCUT2D eigenvalue weighted by atomic mass is 10.0. The van der Waals surface area contributed by atoms with Gasteiger partial charge in [-0.3, -0.25) is 9.36 Å². The Bertz CT molecular complexity index is 1460. The maximum Gasteiger partial charge on any atom is 0.401 e. The number of hydrogen-bond acceptors (Lipinski definition) is 6. The standard InChI is InChI=1S/C24H18F6N6O2/c25-17-5-13(15-9-31-19(32-10-15)7-16-11-36(12-33-16)22(26)27)1-2-14(17)6-21(37)34-20-8-18(38-35-20)23(3-4-23)24(28,29)30/h1-2,5,8-12,22H,3-4,6-7H2,(H,34,35,37). The number of benzene rings is 1.